The quantitative estimate of drug-likeness (QED) is 0.831. The van der Waals surface area contributed by atoms with Crippen molar-refractivity contribution in [3.8, 4) is 0 Å². The molecular weight excluding hydrogens is 266 g/mol. The fourth-order valence-corrected chi connectivity index (χ4v) is 3.24. The molecule has 1 aromatic heterocycles. The standard InChI is InChI=1S/C15H25N5O/c1-12-17-5-2-14(18-12)19-7-3-13(4-8-19)11-20-9-6-16-10-15(20)21/h2,5,13,15-16,21H,3-4,6-11H2,1H3. The van der Waals surface area contributed by atoms with Crippen LogP contribution in [0.15, 0.2) is 12.3 Å². The molecule has 116 valence electrons. The van der Waals surface area contributed by atoms with Crippen molar-refractivity contribution in [1.82, 2.24) is 20.2 Å². The number of anilines is 1. The molecule has 3 rings (SSSR count). The SMILES string of the molecule is Cc1nccc(N2CCC(CN3CCNCC3O)CC2)n1. The second-order valence-corrected chi connectivity index (χ2v) is 6.07. The van der Waals surface area contributed by atoms with Gasteiger partial charge in [-0.3, -0.25) is 4.90 Å². The minimum absolute atomic E-state index is 0.318. The summed E-state index contributed by atoms with van der Waals surface area (Å²) in [5.41, 5.74) is 0. The summed E-state index contributed by atoms with van der Waals surface area (Å²) in [5, 5.41) is 13.2. The molecule has 0 bridgehead atoms. The fraction of sp³-hybridized carbons (Fsp3) is 0.733. The monoisotopic (exact) mass is 291 g/mol. The maximum atomic E-state index is 10.00. The topological polar surface area (TPSA) is 64.5 Å². The Morgan fingerprint density at radius 3 is 2.86 bits per heavy atom. The van der Waals surface area contributed by atoms with Gasteiger partial charge in [0.05, 0.1) is 0 Å². The van der Waals surface area contributed by atoms with Crippen molar-refractivity contribution in [2.45, 2.75) is 26.0 Å². The Hall–Kier alpha value is -1.24. The smallest absolute Gasteiger partial charge is 0.132 e. The Labute approximate surface area is 126 Å². The molecule has 21 heavy (non-hydrogen) atoms. The lowest BCUT2D eigenvalue weighted by Crippen LogP contribution is -2.53. The number of aromatic nitrogens is 2. The van der Waals surface area contributed by atoms with Crippen molar-refractivity contribution < 1.29 is 5.11 Å². The first kappa shape index (κ1) is 14.7. The Bertz CT molecular complexity index is 461. The van der Waals surface area contributed by atoms with Crippen molar-refractivity contribution in [3.05, 3.63) is 18.1 Å². The Morgan fingerprint density at radius 1 is 1.33 bits per heavy atom. The van der Waals surface area contributed by atoms with Gasteiger partial charge in [0, 0.05) is 45.5 Å². The second kappa shape index (κ2) is 6.68. The molecule has 2 aliphatic heterocycles. The number of piperazine rings is 1. The van der Waals surface area contributed by atoms with Crippen molar-refractivity contribution in [1.29, 1.82) is 0 Å². The summed E-state index contributed by atoms with van der Waals surface area (Å²) in [6.07, 6.45) is 3.85. The molecule has 6 nitrogen and oxygen atoms in total. The maximum Gasteiger partial charge on any atom is 0.132 e. The largest absolute Gasteiger partial charge is 0.377 e. The maximum absolute atomic E-state index is 10.00. The average Bonchev–Trinajstić information content (AvgIpc) is 2.50. The van der Waals surface area contributed by atoms with Crippen molar-refractivity contribution in [2.24, 2.45) is 5.92 Å². The van der Waals surface area contributed by atoms with Gasteiger partial charge in [-0.15, -0.1) is 0 Å². The number of β-amino-alcohol motifs (C(OH)–C–C–N with tert-alkyl or cyclic N) is 1. The molecule has 2 aliphatic rings. The van der Waals surface area contributed by atoms with Crippen LogP contribution in [0.5, 0.6) is 0 Å². The first-order chi connectivity index (χ1) is 10.2. The zero-order chi connectivity index (χ0) is 14.7. The van der Waals surface area contributed by atoms with E-state index in [9.17, 15) is 5.11 Å². The molecule has 6 heteroatoms. The van der Waals surface area contributed by atoms with E-state index in [-0.39, 0.29) is 6.23 Å². The van der Waals surface area contributed by atoms with Crippen molar-refractivity contribution in [2.75, 3.05) is 44.2 Å². The van der Waals surface area contributed by atoms with Crippen molar-refractivity contribution >= 4 is 5.82 Å². The molecule has 2 saturated heterocycles. The highest BCUT2D eigenvalue weighted by Gasteiger charge is 2.26. The summed E-state index contributed by atoms with van der Waals surface area (Å²) in [6, 6.07) is 1.99. The molecule has 2 N–H and O–H groups in total. The van der Waals surface area contributed by atoms with Gasteiger partial charge in [-0.05, 0) is 31.7 Å². The summed E-state index contributed by atoms with van der Waals surface area (Å²) in [7, 11) is 0. The molecule has 0 radical (unpaired) electrons. The first-order valence-electron chi connectivity index (χ1n) is 7.90. The Balaban J connectivity index is 1.51. The fourth-order valence-electron chi connectivity index (χ4n) is 3.24. The lowest BCUT2D eigenvalue weighted by Gasteiger charge is -2.38. The van der Waals surface area contributed by atoms with Gasteiger partial charge < -0.3 is 15.3 Å². The van der Waals surface area contributed by atoms with E-state index in [4.69, 9.17) is 0 Å². The van der Waals surface area contributed by atoms with Crippen molar-refractivity contribution in [3.63, 3.8) is 0 Å². The summed E-state index contributed by atoms with van der Waals surface area (Å²) in [5.74, 6) is 2.55. The third-order valence-electron chi connectivity index (χ3n) is 4.52. The molecule has 0 aromatic carbocycles. The minimum Gasteiger partial charge on any atom is -0.377 e. The summed E-state index contributed by atoms with van der Waals surface area (Å²) in [6.45, 7) is 7.66. The van der Waals surface area contributed by atoms with E-state index < -0.39 is 0 Å². The van der Waals surface area contributed by atoms with Gasteiger partial charge in [-0.1, -0.05) is 0 Å². The van der Waals surface area contributed by atoms with Crippen LogP contribution in [0.4, 0.5) is 5.82 Å². The molecule has 0 aliphatic carbocycles. The van der Waals surface area contributed by atoms with Crippen LogP contribution >= 0.6 is 0 Å². The van der Waals surface area contributed by atoms with Gasteiger partial charge in [0.2, 0.25) is 0 Å². The minimum atomic E-state index is -0.318. The van der Waals surface area contributed by atoms with Gasteiger partial charge in [0.25, 0.3) is 0 Å². The van der Waals surface area contributed by atoms with Crippen LogP contribution in [0.2, 0.25) is 0 Å². The highest BCUT2D eigenvalue weighted by Crippen LogP contribution is 2.23. The van der Waals surface area contributed by atoms with Gasteiger partial charge in [0.15, 0.2) is 0 Å². The average molecular weight is 291 g/mol. The number of aliphatic hydroxyl groups excluding tert-OH is 1. The highest BCUT2D eigenvalue weighted by molar-refractivity contribution is 5.37. The van der Waals surface area contributed by atoms with E-state index in [2.05, 4.69) is 25.1 Å². The van der Waals surface area contributed by atoms with Crippen LogP contribution in [0, 0.1) is 12.8 Å². The number of aliphatic hydroxyl groups is 1. The normalized spacial score (nSPS) is 25.2. The van der Waals surface area contributed by atoms with Crippen LogP contribution in [0.1, 0.15) is 18.7 Å². The summed E-state index contributed by atoms with van der Waals surface area (Å²) >= 11 is 0. The summed E-state index contributed by atoms with van der Waals surface area (Å²) in [4.78, 5) is 13.2. The van der Waals surface area contributed by atoms with E-state index in [1.807, 2.05) is 19.2 Å². The number of hydrogen-bond donors (Lipinski definition) is 2. The lowest BCUT2D eigenvalue weighted by molar-refractivity contribution is -0.0232. The molecule has 2 fully saturated rings. The van der Waals surface area contributed by atoms with Crippen LogP contribution in [-0.4, -0.2) is 65.5 Å². The molecule has 1 atom stereocenters. The number of nitrogens with zero attached hydrogens (tertiary/aromatic N) is 4. The molecule has 0 spiro atoms. The van der Waals surface area contributed by atoms with Crippen LogP contribution in [0.3, 0.4) is 0 Å². The van der Waals surface area contributed by atoms with E-state index in [1.165, 1.54) is 12.8 Å². The van der Waals surface area contributed by atoms with E-state index in [0.29, 0.717) is 12.5 Å². The van der Waals surface area contributed by atoms with Crippen LogP contribution in [0.25, 0.3) is 0 Å². The third kappa shape index (κ3) is 3.70. The molecule has 0 saturated carbocycles. The van der Waals surface area contributed by atoms with Crippen LogP contribution in [-0.2, 0) is 0 Å². The van der Waals surface area contributed by atoms with Crippen LogP contribution < -0.4 is 10.2 Å². The third-order valence-corrected chi connectivity index (χ3v) is 4.52. The van der Waals surface area contributed by atoms with E-state index >= 15 is 0 Å². The van der Waals surface area contributed by atoms with Gasteiger partial charge in [0.1, 0.15) is 17.9 Å². The lowest BCUT2D eigenvalue weighted by atomic mass is 9.96. The zero-order valence-electron chi connectivity index (χ0n) is 12.7. The number of rotatable bonds is 3. The Kier molecular flexibility index (Phi) is 4.67. The number of nitrogens with one attached hydrogen (secondary N) is 1. The van der Waals surface area contributed by atoms with E-state index in [0.717, 1.165) is 44.4 Å². The highest BCUT2D eigenvalue weighted by atomic mass is 16.3. The molecule has 1 unspecified atom stereocenters. The predicted molar refractivity (Wildman–Crippen MR) is 82.2 cm³/mol. The van der Waals surface area contributed by atoms with Gasteiger partial charge >= 0.3 is 0 Å². The number of piperidine rings is 1. The number of aryl methyl sites for hydroxylation is 1. The molecule has 1 aromatic rings. The second-order valence-electron chi connectivity index (χ2n) is 6.07. The molecular formula is C15H25N5O. The van der Waals surface area contributed by atoms with Gasteiger partial charge in [-0.25, -0.2) is 9.97 Å². The summed E-state index contributed by atoms with van der Waals surface area (Å²) < 4.78 is 0. The first-order valence-corrected chi connectivity index (χ1v) is 7.90. The number of hydrogen-bond acceptors (Lipinski definition) is 6. The predicted octanol–water partition coefficient (Wildman–Crippen LogP) is 0.225. The van der Waals surface area contributed by atoms with Gasteiger partial charge in [-0.2, -0.15) is 0 Å². The Morgan fingerprint density at radius 2 is 2.14 bits per heavy atom. The van der Waals surface area contributed by atoms with E-state index in [1.54, 1.807) is 0 Å². The molecule has 0 amide bonds. The molecule has 3 heterocycles. The zero-order valence-corrected chi connectivity index (χ0v) is 12.7.